The SMILES string of the molecule is CN(Cc1ccc(C#CCCO)s1)CC(F)F. The van der Waals surface area contributed by atoms with Crippen molar-refractivity contribution in [1.29, 1.82) is 0 Å². The van der Waals surface area contributed by atoms with Crippen molar-refractivity contribution in [3.05, 3.63) is 21.9 Å². The van der Waals surface area contributed by atoms with Gasteiger partial charge in [-0.25, -0.2) is 8.78 Å². The number of hydrogen-bond acceptors (Lipinski definition) is 3. The molecule has 0 radical (unpaired) electrons. The minimum Gasteiger partial charge on any atom is -0.395 e. The molecule has 1 aromatic heterocycles. The lowest BCUT2D eigenvalue weighted by molar-refractivity contribution is 0.0979. The molecule has 0 aliphatic rings. The molecule has 0 fully saturated rings. The van der Waals surface area contributed by atoms with Crippen LogP contribution in [0.3, 0.4) is 0 Å². The van der Waals surface area contributed by atoms with Gasteiger partial charge in [-0.15, -0.1) is 11.3 Å². The van der Waals surface area contributed by atoms with E-state index in [9.17, 15) is 8.78 Å². The number of aliphatic hydroxyl groups excluding tert-OH is 1. The van der Waals surface area contributed by atoms with Gasteiger partial charge in [0.05, 0.1) is 18.0 Å². The third-order valence-electron chi connectivity index (χ3n) is 1.99. The van der Waals surface area contributed by atoms with Crippen molar-refractivity contribution < 1.29 is 13.9 Å². The molecule has 94 valence electrons. The van der Waals surface area contributed by atoms with Crippen LogP contribution in [0.15, 0.2) is 12.1 Å². The largest absolute Gasteiger partial charge is 0.395 e. The Morgan fingerprint density at radius 3 is 2.88 bits per heavy atom. The van der Waals surface area contributed by atoms with Crippen molar-refractivity contribution in [2.75, 3.05) is 20.2 Å². The molecule has 0 aromatic carbocycles. The van der Waals surface area contributed by atoms with Gasteiger partial charge in [0.25, 0.3) is 6.43 Å². The van der Waals surface area contributed by atoms with Gasteiger partial charge in [-0.3, -0.25) is 4.90 Å². The van der Waals surface area contributed by atoms with Crippen LogP contribution in [0.25, 0.3) is 0 Å². The molecule has 1 N–H and O–H groups in total. The standard InChI is InChI=1S/C12H15F2NOS/c1-15(9-12(13)14)8-11-6-5-10(17-11)4-2-3-7-16/h5-6,12,16H,3,7-9H2,1H3. The minimum atomic E-state index is -2.30. The number of hydrogen-bond donors (Lipinski definition) is 1. The van der Waals surface area contributed by atoms with Crippen molar-refractivity contribution in [2.24, 2.45) is 0 Å². The maximum Gasteiger partial charge on any atom is 0.251 e. The van der Waals surface area contributed by atoms with E-state index in [1.165, 1.54) is 11.3 Å². The molecule has 0 unspecified atom stereocenters. The smallest absolute Gasteiger partial charge is 0.251 e. The summed E-state index contributed by atoms with van der Waals surface area (Å²) in [5.41, 5.74) is 0. The molecule has 5 heteroatoms. The van der Waals surface area contributed by atoms with E-state index in [2.05, 4.69) is 11.8 Å². The molecule has 0 atom stereocenters. The number of nitrogens with zero attached hydrogens (tertiary/aromatic N) is 1. The summed E-state index contributed by atoms with van der Waals surface area (Å²) in [4.78, 5) is 3.50. The monoisotopic (exact) mass is 259 g/mol. The van der Waals surface area contributed by atoms with Gasteiger partial charge in [-0.05, 0) is 19.2 Å². The van der Waals surface area contributed by atoms with Crippen LogP contribution in [0, 0.1) is 11.8 Å². The summed E-state index contributed by atoms with van der Waals surface area (Å²) in [6.07, 6.45) is -1.85. The normalized spacial score (nSPS) is 10.7. The molecule has 2 nitrogen and oxygen atoms in total. The molecular weight excluding hydrogens is 244 g/mol. The van der Waals surface area contributed by atoms with Crippen LogP contribution in [0.5, 0.6) is 0 Å². The van der Waals surface area contributed by atoms with E-state index in [-0.39, 0.29) is 13.2 Å². The number of aliphatic hydroxyl groups is 1. The summed E-state index contributed by atoms with van der Waals surface area (Å²) in [5.74, 6) is 5.75. The van der Waals surface area contributed by atoms with E-state index < -0.39 is 6.43 Å². The average Bonchev–Trinajstić information content (AvgIpc) is 2.64. The lowest BCUT2D eigenvalue weighted by atomic mass is 10.4. The first kappa shape index (κ1) is 14.1. The van der Waals surface area contributed by atoms with E-state index in [0.717, 1.165) is 9.75 Å². The molecular formula is C12H15F2NOS. The Morgan fingerprint density at radius 2 is 2.24 bits per heavy atom. The Kier molecular flexibility index (Phi) is 6.12. The fourth-order valence-corrected chi connectivity index (χ4v) is 2.26. The lowest BCUT2D eigenvalue weighted by Crippen LogP contribution is -2.23. The van der Waals surface area contributed by atoms with Crippen molar-refractivity contribution >= 4 is 11.3 Å². The topological polar surface area (TPSA) is 23.5 Å². The first-order valence-corrected chi connectivity index (χ1v) is 6.08. The third-order valence-corrected chi connectivity index (χ3v) is 2.97. The fourth-order valence-electron chi connectivity index (χ4n) is 1.30. The quantitative estimate of drug-likeness (QED) is 0.819. The summed E-state index contributed by atoms with van der Waals surface area (Å²) in [7, 11) is 1.67. The Morgan fingerprint density at radius 1 is 1.47 bits per heavy atom. The zero-order valence-corrected chi connectivity index (χ0v) is 10.4. The highest BCUT2D eigenvalue weighted by Gasteiger charge is 2.08. The first-order chi connectivity index (χ1) is 8.11. The second-order valence-electron chi connectivity index (χ2n) is 3.63. The predicted octanol–water partition coefficient (Wildman–Crippen LogP) is 2.18. The number of halogens is 2. The van der Waals surface area contributed by atoms with Crippen LogP contribution >= 0.6 is 11.3 Å². The minimum absolute atomic E-state index is 0.0579. The average molecular weight is 259 g/mol. The summed E-state index contributed by atoms with van der Waals surface area (Å²) in [6.45, 7) is 0.350. The van der Waals surface area contributed by atoms with E-state index in [4.69, 9.17) is 5.11 Å². The van der Waals surface area contributed by atoms with E-state index >= 15 is 0 Å². The number of alkyl halides is 2. The maximum absolute atomic E-state index is 12.1. The second-order valence-corrected chi connectivity index (χ2v) is 4.80. The summed E-state index contributed by atoms with van der Waals surface area (Å²) in [5, 5.41) is 8.58. The molecule has 0 amide bonds. The fraction of sp³-hybridized carbons (Fsp3) is 0.500. The summed E-state index contributed by atoms with van der Waals surface area (Å²) < 4.78 is 24.2. The van der Waals surface area contributed by atoms with Crippen molar-refractivity contribution in [3.8, 4) is 11.8 Å². The zero-order chi connectivity index (χ0) is 12.7. The molecule has 0 saturated heterocycles. The van der Waals surface area contributed by atoms with Crippen LogP contribution in [0.1, 0.15) is 16.2 Å². The molecule has 1 rings (SSSR count). The second kappa shape index (κ2) is 7.38. The van der Waals surface area contributed by atoms with Gasteiger partial charge in [0.2, 0.25) is 0 Å². The predicted molar refractivity (Wildman–Crippen MR) is 65.2 cm³/mol. The van der Waals surface area contributed by atoms with Gasteiger partial charge in [0.15, 0.2) is 0 Å². The van der Waals surface area contributed by atoms with E-state index in [1.807, 2.05) is 12.1 Å². The van der Waals surface area contributed by atoms with Gasteiger partial charge in [-0.2, -0.15) is 0 Å². The van der Waals surface area contributed by atoms with Gasteiger partial charge < -0.3 is 5.11 Å². The number of thiophene rings is 1. The highest BCUT2D eigenvalue weighted by atomic mass is 32.1. The van der Waals surface area contributed by atoms with Crippen molar-refractivity contribution in [2.45, 2.75) is 19.4 Å². The van der Waals surface area contributed by atoms with Crippen molar-refractivity contribution in [3.63, 3.8) is 0 Å². The van der Waals surface area contributed by atoms with Gasteiger partial charge in [0, 0.05) is 17.8 Å². The molecule has 0 bridgehead atoms. The maximum atomic E-state index is 12.1. The van der Waals surface area contributed by atoms with Crippen LogP contribution < -0.4 is 0 Å². The zero-order valence-electron chi connectivity index (χ0n) is 9.62. The highest BCUT2D eigenvalue weighted by Crippen LogP contribution is 2.17. The molecule has 1 heterocycles. The Balaban J connectivity index is 2.48. The summed E-state index contributed by atoms with van der Waals surface area (Å²) in [6, 6.07) is 3.77. The molecule has 0 saturated carbocycles. The van der Waals surface area contributed by atoms with Crippen molar-refractivity contribution in [1.82, 2.24) is 4.90 Å². The highest BCUT2D eigenvalue weighted by molar-refractivity contribution is 7.12. The Bertz CT molecular complexity index is 395. The van der Waals surface area contributed by atoms with Crippen LogP contribution in [0.4, 0.5) is 8.78 Å². The first-order valence-electron chi connectivity index (χ1n) is 5.27. The molecule has 0 spiro atoms. The Labute approximate surface area is 104 Å². The summed E-state index contributed by atoms with van der Waals surface area (Å²) >= 11 is 1.50. The van der Waals surface area contributed by atoms with E-state index in [0.29, 0.717) is 13.0 Å². The van der Waals surface area contributed by atoms with Crippen LogP contribution in [-0.4, -0.2) is 36.6 Å². The van der Waals surface area contributed by atoms with Crippen LogP contribution in [0.2, 0.25) is 0 Å². The van der Waals surface area contributed by atoms with Gasteiger partial charge >= 0.3 is 0 Å². The third kappa shape index (κ3) is 5.78. The Hall–Kier alpha value is -0.960. The number of rotatable bonds is 5. The molecule has 0 aliphatic carbocycles. The molecule has 1 aromatic rings. The van der Waals surface area contributed by atoms with Gasteiger partial charge in [0.1, 0.15) is 0 Å². The van der Waals surface area contributed by atoms with Crippen LogP contribution in [-0.2, 0) is 6.54 Å². The molecule has 0 aliphatic heterocycles. The lowest BCUT2D eigenvalue weighted by Gasteiger charge is -2.14. The van der Waals surface area contributed by atoms with E-state index in [1.54, 1.807) is 11.9 Å². The van der Waals surface area contributed by atoms with Gasteiger partial charge in [-0.1, -0.05) is 11.8 Å². The molecule has 17 heavy (non-hydrogen) atoms.